The van der Waals surface area contributed by atoms with Crippen LogP contribution in [0.25, 0.3) is 22.4 Å². The first-order valence-corrected chi connectivity index (χ1v) is 11.0. The highest BCUT2D eigenvalue weighted by Gasteiger charge is 2.20. The number of para-hydroxylation sites is 1. The molecule has 0 radical (unpaired) electrons. The molecule has 0 spiro atoms. The Morgan fingerprint density at radius 1 is 1.07 bits per heavy atom. The number of furan rings is 1. The minimum Gasteiger partial charge on any atom is -0.460 e. The van der Waals surface area contributed by atoms with E-state index < -0.39 is 10.0 Å². The molecule has 0 N–H and O–H groups in total. The smallest absolute Gasteiger partial charge is 0.216 e. The lowest BCUT2D eigenvalue weighted by molar-refractivity contribution is 0.408. The van der Waals surface area contributed by atoms with Gasteiger partial charge in [-0.05, 0) is 48.5 Å². The van der Waals surface area contributed by atoms with Crippen LogP contribution in [0.1, 0.15) is 5.76 Å². The number of sulfonamides is 1. The Morgan fingerprint density at radius 2 is 1.83 bits per heavy atom. The van der Waals surface area contributed by atoms with Gasteiger partial charge in [0.15, 0.2) is 0 Å². The molecule has 0 atom stereocenters. The van der Waals surface area contributed by atoms with Crippen LogP contribution in [0.3, 0.4) is 0 Å². The van der Waals surface area contributed by atoms with Crippen molar-refractivity contribution >= 4 is 32.7 Å². The van der Waals surface area contributed by atoms with Gasteiger partial charge in [-0.25, -0.2) is 13.1 Å². The fourth-order valence-electron chi connectivity index (χ4n) is 2.99. The lowest BCUT2D eigenvalue weighted by atomic mass is 10.2. The van der Waals surface area contributed by atoms with Crippen LogP contribution < -0.4 is 0 Å². The summed E-state index contributed by atoms with van der Waals surface area (Å²) in [5.74, 6) is 1.14. The molecule has 2 aromatic heterocycles. The summed E-state index contributed by atoms with van der Waals surface area (Å²) in [5.41, 5.74) is 2.43. The van der Waals surface area contributed by atoms with Gasteiger partial charge in [0.05, 0.1) is 24.4 Å². The number of nitrogens with zero attached hydrogens (tertiary/aromatic N) is 4. The summed E-state index contributed by atoms with van der Waals surface area (Å²) in [6, 6.07) is 18.3. The van der Waals surface area contributed by atoms with Crippen LogP contribution >= 0.6 is 11.6 Å². The fourth-order valence-corrected chi connectivity index (χ4v) is 4.16. The number of rotatable bonds is 7. The highest BCUT2D eigenvalue weighted by Crippen LogP contribution is 2.24. The highest BCUT2D eigenvalue weighted by atomic mass is 35.5. The van der Waals surface area contributed by atoms with E-state index in [0.717, 1.165) is 16.6 Å². The van der Waals surface area contributed by atoms with E-state index in [1.807, 2.05) is 42.5 Å². The van der Waals surface area contributed by atoms with Crippen molar-refractivity contribution in [3.05, 3.63) is 71.4 Å². The van der Waals surface area contributed by atoms with Crippen molar-refractivity contribution in [2.45, 2.75) is 13.1 Å². The Hall–Kier alpha value is -2.68. The molecule has 150 valence electrons. The first-order chi connectivity index (χ1) is 13.9. The third-order valence-electron chi connectivity index (χ3n) is 4.63. The monoisotopic (exact) mass is 430 g/mol. The van der Waals surface area contributed by atoms with Crippen molar-refractivity contribution in [1.82, 2.24) is 19.3 Å². The molecule has 0 aliphatic rings. The topological polar surface area (TPSA) is 81.2 Å². The van der Waals surface area contributed by atoms with Crippen LogP contribution in [-0.4, -0.2) is 40.5 Å². The van der Waals surface area contributed by atoms with Gasteiger partial charge in [-0.3, -0.25) is 0 Å². The first-order valence-electron chi connectivity index (χ1n) is 8.99. The van der Waals surface area contributed by atoms with Crippen molar-refractivity contribution < 1.29 is 12.8 Å². The van der Waals surface area contributed by atoms with Crippen LogP contribution in [-0.2, 0) is 23.1 Å². The molecule has 2 heterocycles. The van der Waals surface area contributed by atoms with Gasteiger partial charge in [0.1, 0.15) is 17.0 Å². The van der Waals surface area contributed by atoms with Gasteiger partial charge in [0.2, 0.25) is 10.0 Å². The summed E-state index contributed by atoms with van der Waals surface area (Å²) in [7, 11) is -1.96. The fraction of sp³-hybridized carbons (Fsp3) is 0.200. The van der Waals surface area contributed by atoms with E-state index in [9.17, 15) is 8.42 Å². The standard InChI is InChI=1S/C20H19ClN4O3S/c1-24(14-17-10-11-20(28-17)15-6-8-16(21)9-7-15)29(26,27)13-12-25-19-5-3-2-4-18(19)22-23-25/h2-11H,12-14H2,1H3. The Morgan fingerprint density at radius 3 is 2.62 bits per heavy atom. The summed E-state index contributed by atoms with van der Waals surface area (Å²) < 4.78 is 34.1. The van der Waals surface area contributed by atoms with Crippen molar-refractivity contribution in [2.24, 2.45) is 0 Å². The molecule has 0 fully saturated rings. The Labute approximate surface area is 173 Å². The number of hydrogen-bond acceptors (Lipinski definition) is 5. The first kappa shape index (κ1) is 19.6. The van der Waals surface area contributed by atoms with Crippen LogP contribution in [0, 0.1) is 0 Å². The number of aryl methyl sites for hydroxylation is 1. The van der Waals surface area contributed by atoms with Crippen LogP contribution in [0.2, 0.25) is 5.02 Å². The summed E-state index contributed by atoms with van der Waals surface area (Å²) >= 11 is 5.91. The average molecular weight is 431 g/mol. The minimum absolute atomic E-state index is 0.0817. The zero-order chi connectivity index (χ0) is 20.4. The van der Waals surface area contributed by atoms with E-state index in [2.05, 4.69) is 10.3 Å². The molecular formula is C20H19ClN4O3S. The molecule has 2 aromatic carbocycles. The van der Waals surface area contributed by atoms with Gasteiger partial charge in [-0.2, -0.15) is 4.31 Å². The minimum atomic E-state index is -3.50. The van der Waals surface area contributed by atoms with Gasteiger partial charge in [0.25, 0.3) is 0 Å². The Balaban J connectivity index is 1.42. The van der Waals surface area contributed by atoms with Crippen LogP contribution in [0.5, 0.6) is 0 Å². The Bertz CT molecular complexity index is 1230. The molecule has 9 heteroatoms. The summed E-state index contributed by atoms with van der Waals surface area (Å²) in [6.07, 6.45) is 0. The summed E-state index contributed by atoms with van der Waals surface area (Å²) in [4.78, 5) is 0. The molecule has 4 rings (SSSR count). The van der Waals surface area contributed by atoms with Gasteiger partial charge < -0.3 is 4.42 Å². The second kappa shape index (κ2) is 7.98. The summed E-state index contributed by atoms with van der Waals surface area (Å²) in [5, 5.41) is 8.74. The highest BCUT2D eigenvalue weighted by molar-refractivity contribution is 7.89. The molecule has 0 aliphatic carbocycles. The molecule has 0 unspecified atom stereocenters. The zero-order valence-electron chi connectivity index (χ0n) is 15.7. The molecular weight excluding hydrogens is 412 g/mol. The van der Waals surface area contributed by atoms with Crippen molar-refractivity contribution in [3.8, 4) is 11.3 Å². The van der Waals surface area contributed by atoms with E-state index in [0.29, 0.717) is 16.5 Å². The number of halogens is 1. The molecule has 4 aromatic rings. The third kappa shape index (κ3) is 4.34. The van der Waals surface area contributed by atoms with Crippen LogP contribution in [0.4, 0.5) is 0 Å². The predicted octanol–water partition coefficient (Wildman–Crippen LogP) is 3.81. The van der Waals surface area contributed by atoms with Crippen molar-refractivity contribution in [3.63, 3.8) is 0 Å². The van der Waals surface area contributed by atoms with E-state index in [4.69, 9.17) is 16.0 Å². The quantitative estimate of drug-likeness (QED) is 0.445. The van der Waals surface area contributed by atoms with Crippen molar-refractivity contribution in [1.29, 1.82) is 0 Å². The predicted molar refractivity (Wildman–Crippen MR) is 112 cm³/mol. The largest absolute Gasteiger partial charge is 0.460 e. The maximum atomic E-state index is 12.7. The lowest BCUT2D eigenvalue weighted by Gasteiger charge is -2.16. The second-order valence-electron chi connectivity index (χ2n) is 6.65. The van der Waals surface area contributed by atoms with Gasteiger partial charge >= 0.3 is 0 Å². The van der Waals surface area contributed by atoms with Crippen LogP contribution in [0.15, 0.2) is 65.1 Å². The normalized spacial score (nSPS) is 12.1. The molecule has 29 heavy (non-hydrogen) atoms. The van der Waals surface area contributed by atoms with E-state index >= 15 is 0 Å². The number of benzene rings is 2. The zero-order valence-corrected chi connectivity index (χ0v) is 17.3. The van der Waals surface area contributed by atoms with Gasteiger partial charge in [-0.1, -0.05) is 28.9 Å². The molecule has 7 nitrogen and oxygen atoms in total. The molecule has 0 amide bonds. The second-order valence-corrected chi connectivity index (χ2v) is 9.28. The number of fused-ring (bicyclic) bond motifs is 1. The van der Waals surface area contributed by atoms with E-state index in [1.54, 1.807) is 29.9 Å². The average Bonchev–Trinajstić information content (AvgIpc) is 3.34. The van der Waals surface area contributed by atoms with Gasteiger partial charge in [-0.15, -0.1) is 5.10 Å². The maximum absolute atomic E-state index is 12.7. The molecule has 0 saturated heterocycles. The number of hydrogen-bond donors (Lipinski definition) is 0. The van der Waals surface area contributed by atoms with E-state index in [1.165, 1.54) is 4.31 Å². The van der Waals surface area contributed by atoms with Gasteiger partial charge in [0, 0.05) is 17.6 Å². The molecule has 0 aliphatic heterocycles. The molecule has 0 saturated carbocycles. The molecule has 0 bridgehead atoms. The SMILES string of the molecule is CN(Cc1ccc(-c2ccc(Cl)cc2)o1)S(=O)(=O)CCn1nnc2ccccc21. The third-order valence-corrected chi connectivity index (χ3v) is 6.65. The Kier molecular flexibility index (Phi) is 5.40. The van der Waals surface area contributed by atoms with Crippen molar-refractivity contribution in [2.75, 3.05) is 12.8 Å². The van der Waals surface area contributed by atoms with E-state index in [-0.39, 0.29) is 18.8 Å². The number of aromatic nitrogens is 3. The maximum Gasteiger partial charge on any atom is 0.216 e. The summed E-state index contributed by atoms with van der Waals surface area (Å²) in [6.45, 7) is 0.370. The lowest BCUT2D eigenvalue weighted by Crippen LogP contribution is -2.30.